The largest absolute Gasteiger partial charge is 0.491 e. The van der Waals surface area contributed by atoms with Crippen LogP contribution in [0.2, 0.25) is 0 Å². The maximum atomic E-state index is 5.64. The number of aryl methyl sites for hydroxylation is 1. The topological polar surface area (TPSA) is 64.4 Å². The van der Waals surface area contributed by atoms with Gasteiger partial charge in [-0.1, -0.05) is 0 Å². The van der Waals surface area contributed by atoms with Gasteiger partial charge in [0.25, 0.3) is 0 Å². The van der Waals surface area contributed by atoms with Gasteiger partial charge in [0.05, 0.1) is 26.5 Å². The third kappa shape index (κ3) is 5.95. The first-order chi connectivity index (χ1) is 14.2. The van der Waals surface area contributed by atoms with E-state index in [9.17, 15) is 0 Å². The summed E-state index contributed by atoms with van der Waals surface area (Å²) >= 11 is 0. The standard InChI is InChI=1S/C21H31N5O3/c1-18-16-23-26(21(18)22-17-28-3)13-10-24-8-11-25(12-9-24)19-4-6-20(7-5-19)29-15-14-27-2/h4-7,16-17H,8-15H2,1-3H3. The Hall–Kier alpha value is -2.58. The summed E-state index contributed by atoms with van der Waals surface area (Å²) < 4.78 is 17.5. The van der Waals surface area contributed by atoms with E-state index in [0.29, 0.717) is 13.2 Å². The second-order valence-corrected chi connectivity index (χ2v) is 7.01. The molecule has 1 aliphatic heterocycles. The van der Waals surface area contributed by atoms with E-state index in [2.05, 4.69) is 32.0 Å². The van der Waals surface area contributed by atoms with Crippen LogP contribution in [-0.4, -0.2) is 81.2 Å². The van der Waals surface area contributed by atoms with Crippen molar-refractivity contribution >= 4 is 17.9 Å². The molecule has 1 aliphatic rings. The van der Waals surface area contributed by atoms with Gasteiger partial charge < -0.3 is 19.1 Å². The van der Waals surface area contributed by atoms with Crippen molar-refractivity contribution in [2.45, 2.75) is 13.5 Å². The number of piperazine rings is 1. The molecule has 0 unspecified atom stereocenters. The maximum Gasteiger partial charge on any atom is 0.175 e. The van der Waals surface area contributed by atoms with Crippen LogP contribution in [0, 0.1) is 6.92 Å². The molecular weight excluding hydrogens is 370 g/mol. The van der Waals surface area contributed by atoms with Crippen LogP contribution in [0.4, 0.5) is 11.5 Å². The highest BCUT2D eigenvalue weighted by Gasteiger charge is 2.18. The van der Waals surface area contributed by atoms with Crippen molar-refractivity contribution in [1.82, 2.24) is 14.7 Å². The monoisotopic (exact) mass is 401 g/mol. The Morgan fingerprint density at radius 3 is 2.48 bits per heavy atom. The van der Waals surface area contributed by atoms with Crippen molar-refractivity contribution in [3.05, 3.63) is 36.0 Å². The van der Waals surface area contributed by atoms with E-state index in [-0.39, 0.29) is 0 Å². The van der Waals surface area contributed by atoms with E-state index >= 15 is 0 Å². The lowest BCUT2D eigenvalue weighted by atomic mass is 10.2. The van der Waals surface area contributed by atoms with Gasteiger partial charge >= 0.3 is 0 Å². The number of anilines is 1. The molecule has 2 aromatic rings. The minimum Gasteiger partial charge on any atom is -0.491 e. The SMILES string of the molecule is COC=Nc1c(C)cnn1CCN1CCN(c2ccc(OCCOC)cc2)CC1. The average Bonchev–Trinajstić information content (AvgIpc) is 3.11. The Morgan fingerprint density at radius 2 is 1.79 bits per heavy atom. The zero-order chi connectivity index (χ0) is 20.5. The van der Waals surface area contributed by atoms with Crippen LogP contribution in [0.1, 0.15) is 5.56 Å². The fraction of sp³-hybridized carbons (Fsp3) is 0.524. The van der Waals surface area contributed by atoms with E-state index in [0.717, 1.165) is 56.4 Å². The summed E-state index contributed by atoms with van der Waals surface area (Å²) in [6.07, 6.45) is 3.30. The number of methoxy groups -OCH3 is 2. The summed E-state index contributed by atoms with van der Waals surface area (Å²) in [4.78, 5) is 9.23. The number of benzene rings is 1. The van der Waals surface area contributed by atoms with Gasteiger partial charge in [0, 0.05) is 51.1 Å². The Bertz CT molecular complexity index is 767. The van der Waals surface area contributed by atoms with Gasteiger partial charge in [0.2, 0.25) is 0 Å². The number of ether oxygens (including phenoxy) is 3. The van der Waals surface area contributed by atoms with Crippen LogP contribution >= 0.6 is 0 Å². The molecule has 1 saturated heterocycles. The molecule has 1 aromatic heterocycles. The summed E-state index contributed by atoms with van der Waals surface area (Å²) in [5.41, 5.74) is 2.29. The highest BCUT2D eigenvalue weighted by molar-refractivity contribution is 5.55. The quantitative estimate of drug-likeness (QED) is 0.346. The molecule has 0 bridgehead atoms. The van der Waals surface area contributed by atoms with Crippen LogP contribution < -0.4 is 9.64 Å². The van der Waals surface area contributed by atoms with Gasteiger partial charge in [-0.3, -0.25) is 4.90 Å². The van der Waals surface area contributed by atoms with Gasteiger partial charge in [-0.25, -0.2) is 9.67 Å². The second kappa shape index (κ2) is 10.8. The van der Waals surface area contributed by atoms with E-state index in [1.54, 1.807) is 14.2 Å². The number of nitrogens with zero attached hydrogens (tertiary/aromatic N) is 5. The summed E-state index contributed by atoms with van der Waals surface area (Å²) in [5.74, 6) is 1.74. The van der Waals surface area contributed by atoms with Crippen LogP contribution in [0.3, 0.4) is 0 Å². The predicted molar refractivity (Wildman–Crippen MR) is 115 cm³/mol. The highest BCUT2D eigenvalue weighted by Crippen LogP contribution is 2.21. The third-order valence-corrected chi connectivity index (χ3v) is 5.03. The molecule has 158 valence electrons. The van der Waals surface area contributed by atoms with Crippen molar-refractivity contribution < 1.29 is 14.2 Å². The first-order valence-corrected chi connectivity index (χ1v) is 9.98. The first-order valence-electron chi connectivity index (χ1n) is 9.98. The molecule has 0 atom stereocenters. The van der Waals surface area contributed by atoms with Crippen molar-refractivity contribution in [3.63, 3.8) is 0 Å². The summed E-state index contributed by atoms with van der Waals surface area (Å²) in [6, 6.07) is 8.31. The maximum absolute atomic E-state index is 5.64. The lowest BCUT2D eigenvalue weighted by Crippen LogP contribution is -2.47. The molecule has 1 fully saturated rings. The van der Waals surface area contributed by atoms with Crippen LogP contribution in [0.5, 0.6) is 5.75 Å². The molecule has 0 radical (unpaired) electrons. The van der Waals surface area contributed by atoms with Gasteiger partial charge in [-0.05, 0) is 31.2 Å². The van der Waals surface area contributed by atoms with Crippen LogP contribution in [-0.2, 0) is 16.0 Å². The van der Waals surface area contributed by atoms with Crippen molar-refractivity contribution in [3.8, 4) is 5.75 Å². The molecule has 3 rings (SSSR count). The number of hydrogen-bond donors (Lipinski definition) is 0. The minimum atomic E-state index is 0.572. The van der Waals surface area contributed by atoms with Gasteiger partial charge in [0.1, 0.15) is 12.4 Å². The summed E-state index contributed by atoms with van der Waals surface area (Å²) in [7, 11) is 3.28. The Kier molecular flexibility index (Phi) is 7.89. The molecule has 1 aromatic carbocycles. The second-order valence-electron chi connectivity index (χ2n) is 7.01. The number of rotatable bonds is 10. The number of aromatic nitrogens is 2. The van der Waals surface area contributed by atoms with E-state index in [1.807, 2.05) is 29.9 Å². The fourth-order valence-electron chi connectivity index (χ4n) is 3.37. The summed E-state index contributed by atoms with van der Waals surface area (Å²) in [6.45, 7) is 9.04. The summed E-state index contributed by atoms with van der Waals surface area (Å²) in [5, 5.41) is 4.44. The molecule has 0 spiro atoms. The molecule has 29 heavy (non-hydrogen) atoms. The smallest absolute Gasteiger partial charge is 0.175 e. The molecule has 2 heterocycles. The zero-order valence-electron chi connectivity index (χ0n) is 17.6. The minimum absolute atomic E-state index is 0.572. The highest BCUT2D eigenvalue weighted by atomic mass is 16.5. The van der Waals surface area contributed by atoms with Crippen molar-refractivity contribution in [2.24, 2.45) is 4.99 Å². The molecule has 0 aliphatic carbocycles. The van der Waals surface area contributed by atoms with Crippen molar-refractivity contribution in [1.29, 1.82) is 0 Å². The normalized spacial score (nSPS) is 15.2. The molecule has 8 nitrogen and oxygen atoms in total. The lowest BCUT2D eigenvalue weighted by Gasteiger charge is -2.36. The van der Waals surface area contributed by atoms with Crippen molar-refractivity contribution in [2.75, 3.05) is 65.1 Å². The van der Waals surface area contributed by atoms with Gasteiger partial charge in [0.15, 0.2) is 12.2 Å². The first kappa shape index (κ1) is 21.1. The zero-order valence-corrected chi connectivity index (χ0v) is 17.6. The number of aliphatic imine (C=N–C) groups is 1. The van der Waals surface area contributed by atoms with Gasteiger partial charge in [-0.2, -0.15) is 5.10 Å². The van der Waals surface area contributed by atoms with E-state index in [1.165, 1.54) is 12.1 Å². The molecule has 0 saturated carbocycles. The Balaban J connectivity index is 1.45. The Labute approximate surface area is 172 Å². The molecular formula is C21H31N5O3. The lowest BCUT2D eigenvalue weighted by molar-refractivity contribution is 0.146. The van der Waals surface area contributed by atoms with Crippen LogP contribution in [0.25, 0.3) is 0 Å². The van der Waals surface area contributed by atoms with Gasteiger partial charge in [-0.15, -0.1) is 0 Å². The fourth-order valence-corrected chi connectivity index (χ4v) is 3.37. The third-order valence-electron chi connectivity index (χ3n) is 5.03. The molecule has 0 amide bonds. The average molecular weight is 402 g/mol. The Morgan fingerprint density at radius 1 is 1.03 bits per heavy atom. The number of hydrogen-bond acceptors (Lipinski definition) is 7. The van der Waals surface area contributed by atoms with Crippen LogP contribution in [0.15, 0.2) is 35.5 Å². The van der Waals surface area contributed by atoms with E-state index < -0.39 is 0 Å². The van der Waals surface area contributed by atoms with E-state index in [4.69, 9.17) is 14.2 Å². The molecule has 8 heteroatoms. The predicted octanol–water partition coefficient (Wildman–Crippen LogP) is 2.35. The molecule has 0 N–H and O–H groups in total.